The topological polar surface area (TPSA) is 152 Å². The number of hydrogen-bond acceptors (Lipinski definition) is 9. The van der Waals surface area contributed by atoms with Crippen molar-refractivity contribution in [3.05, 3.63) is 12.7 Å². The SMILES string of the molecule is NCCCCNc1ncnc2c1ncn2C1O[C@H](CO)[C@@H](O)[C@H]1O. The summed E-state index contributed by atoms with van der Waals surface area (Å²) in [6.07, 6.45) is 0.622. The molecule has 2 aromatic heterocycles. The molecule has 24 heavy (non-hydrogen) atoms. The van der Waals surface area contributed by atoms with Gasteiger partial charge in [0.1, 0.15) is 24.6 Å². The highest BCUT2D eigenvalue weighted by Gasteiger charge is 2.44. The van der Waals surface area contributed by atoms with Gasteiger partial charge in [-0.15, -0.1) is 0 Å². The lowest BCUT2D eigenvalue weighted by atomic mass is 10.1. The van der Waals surface area contributed by atoms with Crippen molar-refractivity contribution >= 4 is 17.0 Å². The van der Waals surface area contributed by atoms with Crippen LogP contribution in [0.5, 0.6) is 0 Å². The van der Waals surface area contributed by atoms with Crippen molar-refractivity contribution in [1.29, 1.82) is 0 Å². The summed E-state index contributed by atoms with van der Waals surface area (Å²) in [5.41, 5.74) is 6.49. The molecule has 4 atom stereocenters. The molecule has 6 N–H and O–H groups in total. The van der Waals surface area contributed by atoms with E-state index in [4.69, 9.17) is 10.5 Å². The second kappa shape index (κ2) is 7.36. The van der Waals surface area contributed by atoms with Gasteiger partial charge in [-0.05, 0) is 19.4 Å². The van der Waals surface area contributed by atoms with Crippen molar-refractivity contribution in [2.75, 3.05) is 25.0 Å². The van der Waals surface area contributed by atoms with Gasteiger partial charge in [-0.3, -0.25) is 4.57 Å². The number of nitrogens with one attached hydrogen (secondary N) is 1. The molecule has 132 valence electrons. The van der Waals surface area contributed by atoms with Crippen LogP contribution < -0.4 is 11.1 Å². The van der Waals surface area contributed by atoms with E-state index in [9.17, 15) is 15.3 Å². The monoisotopic (exact) mass is 338 g/mol. The van der Waals surface area contributed by atoms with E-state index in [2.05, 4.69) is 20.3 Å². The van der Waals surface area contributed by atoms with Crippen molar-refractivity contribution in [2.45, 2.75) is 37.4 Å². The van der Waals surface area contributed by atoms with E-state index in [-0.39, 0.29) is 6.61 Å². The van der Waals surface area contributed by atoms with Crippen LogP contribution >= 0.6 is 0 Å². The Balaban J connectivity index is 1.83. The van der Waals surface area contributed by atoms with Crippen LogP contribution in [0.15, 0.2) is 12.7 Å². The number of rotatable bonds is 7. The van der Waals surface area contributed by atoms with Gasteiger partial charge in [-0.2, -0.15) is 0 Å². The first-order valence-electron chi connectivity index (χ1n) is 7.91. The largest absolute Gasteiger partial charge is 0.394 e. The molecule has 1 aliphatic heterocycles. The Kier molecular flexibility index (Phi) is 5.21. The Morgan fingerprint density at radius 3 is 2.75 bits per heavy atom. The first-order chi connectivity index (χ1) is 11.7. The summed E-state index contributed by atoms with van der Waals surface area (Å²) in [7, 11) is 0. The molecule has 10 heteroatoms. The van der Waals surface area contributed by atoms with E-state index in [1.54, 1.807) is 0 Å². The third-order valence-corrected chi connectivity index (χ3v) is 4.07. The van der Waals surface area contributed by atoms with Crippen molar-refractivity contribution in [1.82, 2.24) is 19.5 Å². The summed E-state index contributed by atoms with van der Waals surface area (Å²) in [5, 5.41) is 32.4. The molecule has 3 heterocycles. The normalized spacial score (nSPS) is 27.0. The number of fused-ring (bicyclic) bond motifs is 1. The lowest BCUT2D eigenvalue weighted by Crippen LogP contribution is -2.33. The highest BCUT2D eigenvalue weighted by Crippen LogP contribution is 2.31. The number of aliphatic hydroxyl groups excluding tert-OH is 3. The Bertz CT molecular complexity index is 680. The Labute approximate surface area is 138 Å². The van der Waals surface area contributed by atoms with E-state index in [1.807, 2.05) is 0 Å². The van der Waals surface area contributed by atoms with Gasteiger partial charge in [0.25, 0.3) is 0 Å². The van der Waals surface area contributed by atoms with Crippen LogP contribution in [0.2, 0.25) is 0 Å². The number of nitrogens with two attached hydrogens (primary N) is 1. The summed E-state index contributed by atoms with van der Waals surface area (Å²) >= 11 is 0. The number of hydrogen-bond donors (Lipinski definition) is 5. The van der Waals surface area contributed by atoms with Gasteiger partial charge in [0.15, 0.2) is 23.2 Å². The van der Waals surface area contributed by atoms with Crippen LogP contribution in [0.3, 0.4) is 0 Å². The van der Waals surface area contributed by atoms with E-state index in [0.717, 1.165) is 12.8 Å². The predicted molar refractivity (Wildman–Crippen MR) is 85.1 cm³/mol. The molecule has 0 spiro atoms. The summed E-state index contributed by atoms with van der Waals surface area (Å²) in [6.45, 7) is 0.967. The molecular formula is C14H22N6O4. The summed E-state index contributed by atoms with van der Waals surface area (Å²) < 4.78 is 7.05. The second-order valence-corrected chi connectivity index (χ2v) is 5.70. The van der Waals surface area contributed by atoms with Gasteiger partial charge in [0.05, 0.1) is 12.9 Å². The second-order valence-electron chi connectivity index (χ2n) is 5.70. The summed E-state index contributed by atoms with van der Waals surface area (Å²) in [6, 6.07) is 0. The van der Waals surface area contributed by atoms with E-state index in [1.165, 1.54) is 17.2 Å². The minimum atomic E-state index is -1.18. The smallest absolute Gasteiger partial charge is 0.167 e. The summed E-state index contributed by atoms with van der Waals surface area (Å²) in [5.74, 6) is 0.586. The molecule has 0 aliphatic carbocycles. The number of anilines is 1. The molecule has 0 amide bonds. The number of ether oxygens (including phenoxy) is 1. The number of imidazole rings is 1. The van der Waals surface area contributed by atoms with Crippen molar-refractivity contribution in [3.8, 4) is 0 Å². The van der Waals surface area contributed by atoms with Gasteiger partial charge in [-0.1, -0.05) is 0 Å². The van der Waals surface area contributed by atoms with Gasteiger partial charge in [-0.25, -0.2) is 15.0 Å². The maximum absolute atomic E-state index is 10.2. The maximum Gasteiger partial charge on any atom is 0.167 e. The van der Waals surface area contributed by atoms with Gasteiger partial charge >= 0.3 is 0 Å². The average molecular weight is 338 g/mol. The van der Waals surface area contributed by atoms with Crippen LogP contribution in [0.1, 0.15) is 19.1 Å². The van der Waals surface area contributed by atoms with Crippen molar-refractivity contribution < 1.29 is 20.1 Å². The Hall–Kier alpha value is -1.85. The zero-order valence-corrected chi connectivity index (χ0v) is 13.1. The third kappa shape index (κ3) is 3.06. The fourth-order valence-electron chi connectivity index (χ4n) is 2.75. The standard InChI is InChI=1S/C14H22N6O4/c15-3-1-2-4-16-12-9-13(18-6-17-12)20(7-19-9)14-11(23)10(22)8(5-21)24-14/h6-8,10-11,14,21-23H,1-5,15H2,(H,16,17,18)/t8-,10-,11-,14?/m1/s1. The molecule has 0 aromatic carbocycles. The van der Waals surface area contributed by atoms with E-state index < -0.39 is 24.5 Å². The van der Waals surface area contributed by atoms with E-state index >= 15 is 0 Å². The van der Waals surface area contributed by atoms with Gasteiger partial charge < -0.3 is 31.1 Å². The van der Waals surface area contributed by atoms with Gasteiger partial charge in [0, 0.05) is 6.54 Å². The minimum Gasteiger partial charge on any atom is -0.394 e. The lowest BCUT2D eigenvalue weighted by Gasteiger charge is -2.16. The van der Waals surface area contributed by atoms with Gasteiger partial charge in [0.2, 0.25) is 0 Å². The highest BCUT2D eigenvalue weighted by atomic mass is 16.6. The molecule has 3 rings (SSSR count). The average Bonchev–Trinajstić information content (AvgIpc) is 3.14. The first-order valence-corrected chi connectivity index (χ1v) is 7.91. The molecule has 1 unspecified atom stereocenters. The molecule has 1 saturated heterocycles. The zero-order valence-electron chi connectivity index (χ0n) is 13.1. The minimum absolute atomic E-state index is 0.385. The highest BCUT2D eigenvalue weighted by molar-refractivity contribution is 5.82. The number of aliphatic hydroxyl groups is 3. The zero-order chi connectivity index (χ0) is 17.1. The quantitative estimate of drug-likeness (QED) is 0.383. The number of nitrogens with zero attached hydrogens (tertiary/aromatic N) is 4. The predicted octanol–water partition coefficient (Wildman–Crippen LogP) is -1.41. The van der Waals surface area contributed by atoms with Crippen LogP contribution in [0.4, 0.5) is 5.82 Å². The molecule has 10 nitrogen and oxygen atoms in total. The molecule has 0 bridgehead atoms. The van der Waals surface area contributed by atoms with Crippen molar-refractivity contribution in [2.24, 2.45) is 5.73 Å². The molecular weight excluding hydrogens is 316 g/mol. The molecule has 2 aromatic rings. The fraction of sp³-hybridized carbons (Fsp3) is 0.643. The molecule has 1 aliphatic rings. The van der Waals surface area contributed by atoms with Crippen LogP contribution in [0, 0.1) is 0 Å². The van der Waals surface area contributed by atoms with Crippen LogP contribution in [0.25, 0.3) is 11.2 Å². The Morgan fingerprint density at radius 2 is 2.04 bits per heavy atom. The summed E-state index contributed by atoms with van der Waals surface area (Å²) in [4.78, 5) is 12.7. The van der Waals surface area contributed by atoms with Crippen LogP contribution in [-0.2, 0) is 4.74 Å². The van der Waals surface area contributed by atoms with Crippen LogP contribution in [-0.4, -0.2) is 72.8 Å². The fourth-order valence-corrected chi connectivity index (χ4v) is 2.75. The number of aromatic nitrogens is 4. The maximum atomic E-state index is 10.2. The molecule has 0 radical (unpaired) electrons. The third-order valence-electron chi connectivity index (χ3n) is 4.07. The molecule has 0 saturated carbocycles. The van der Waals surface area contributed by atoms with Crippen molar-refractivity contribution in [3.63, 3.8) is 0 Å². The van der Waals surface area contributed by atoms with E-state index in [0.29, 0.717) is 30.1 Å². The lowest BCUT2D eigenvalue weighted by molar-refractivity contribution is -0.0511. The number of unbranched alkanes of at least 4 members (excludes halogenated alkanes) is 1. The Morgan fingerprint density at radius 1 is 1.21 bits per heavy atom. The first kappa shape index (κ1) is 17.0. The molecule has 1 fully saturated rings.